The molecule has 1 aliphatic rings. The van der Waals surface area contributed by atoms with Crippen LogP contribution in [0.5, 0.6) is 11.5 Å². The topological polar surface area (TPSA) is 50.4 Å². The highest BCUT2D eigenvalue weighted by atomic mass is 16.5. The number of hydrogen-bond acceptors (Lipinski definition) is 3. The van der Waals surface area contributed by atoms with E-state index in [1.54, 1.807) is 0 Å². The standard InChI is InChI=1S/C22H26N2O2/c25-22(23-16-15-18-9-3-1-4-10-18)17-24-20-13-7-8-14-21(20)26-19-11-5-2-6-12-19/h2,5-9,11-14,24H,1,3-4,10,15-17H2,(H,23,25). The van der Waals surface area contributed by atoms with E-state index in [1.165, 1.54) is 31.3 Å². The van der Waals surface area contributed by atoms with E-state index in [2.05, 4.69) is 16.7 Å². The van der Waals surface area contributed by atoms with Crippen LogP contribution in [0.15, 0.2) is 66.2 Å². The van der Waals surface area contributed by atoms with Gasteiger partial charge in [-0.2, -0.15) is 0 Å². The number of rotatable bonds is 8. The molecular weight excluding hydrogens is 324 g/mol. The van der Waals surface area contributed by atoms with Crippen LogP contribution in [-0.4, -0.2) is 19.0 Å². The molecule has 2 N–H and O–H groups in total. The molecule has 3 rings (SSSR count). The second kappa shape index (κ2) is 9.66. The summed E-state index contributed by atoms with van der Waals surface area (Å²) < 4.78 is 5.90. The fourth-order valence-electron chi connectivity index (χ4n) is 3.05. The average molecular weight is 350 g/mol. The van der Waals surface area contributed by atoms with Crippen LogP contribution in [0.3, 0.4) is 0 Å². The Balaban J connectivity index is 1.46. The van der Waals surface area contributed by atoms with Gasteiger partial charge in [0.15, 0.2) is 5.75 Å². The van der Waals surface area contributed by atoms with Crippen molar-refractivity contribution in [2.45, 2.75) is 32.1 Å². The van der Waals surface area contributed by atoms with Crippen molar-refractivity contribution in [1.82, 2.24) is 5.32 Å². The lowest BCUT2D eigenvalue weighted by atomic mass is 9.97. The van der Waals surface area contributed by atoms with Crippen molar-refractivity contribution in [3.63, 3.8) is 0 Å². The Labute approximate surface area is 155 Å². The van der Waals surface area contributed by atoms with Crippen molar-refractivity contribution in [2.24, 2.45) is 0 Å². The molecule has 1 aliphatic carbocycles. The van der Waals surface area contributed by atoms with E-state index < -0.39 is 0 Å². The lowest BCUT2D eigenvalue weighted by Gasteiger charge is -2.14. The van der Waals surface area contributed by atoms with Gasteiger partial charge in [0.05, 0.1) is 12.2 Å². The van der Waals surface area contributed by atoms with Crippen molar-refractivity contribution in [3.8, 4) is 11.5 Å². The molecule has 2 aromatic carbocycles. The van der Waals surface area contributed by atoms with Gasteiger partial charge in [0.2, 0.25) is 5.91 Å². The first-order valence-corrected chi connectivity index (χ1v) is 9.32. The molecule has 0 fully saturated rings. The van der Waals surface area contributed by atoms with Crippen LogP contribution in [0.1, 0.15) is 32.1 Å². The molecule has 0 bridgehead atoms. The number of nitrogens with one attached hydrogen (secondary N) is 2. The molecule has 0 unspecified atom stereocenters. The highest BCUT2D eigenvalue weighted by molar-refractivity contribution is 5.81. The number of carbonyl (C=O) groups is 1. The quantitative estimate of drug-likeness (QED) is 0.666. The molecule has 0 spiro atoms. The Morgan fingerprint density at radius 3 is 2.62 bits per heavy atom. The third-order valence-corrected chi connectivity index (χ3v) is 4.45. The van der Waals surface area contributed by atoms with E-state index in [9.17, 15) is 4.79 Å². The van der Waals surface area contributed by atoms with Gasteiger partial charge in [-0.25, -0.2) is 0 Å². The summed E-state index contributed by atoms with van der Waals surface area (Å²) in [7, 11) is 0. The van der Waals surface area contributed by atoms with Crippen LogP contribution in [0, 0.1) is 0 Å². The zero-order valence-electron chi connectivity index (χ0n) is 15.0. The summed E-state index contributed by atoms with van der Waals surface area (Å²) in [6, 6.07) is 17.3. The first-order chi connectivity index (χ1) is 12.8. The largest absolute Gasteiger partial charge is 0.455 e. The molecule has 4 nitrogen and oxygen atoms in total. The molecule has 0 aliphatic heterocycles. The number of carbonyl (C=O) groups excluding carboxylic acids is 1. The minimum Gasteiger partial charge on any atom is -0.455 e. The van der Waals surface area contributed by atoms with Crippen molar-refractivity contribution in [3.05, 3.63) is 66.2 Å². The van der Waals surface area contributed by atoms with Crippen LogP contribution < -0.4 is 15.4 Å². The van der Waals surface area contributed by atoms with Crippen LogP contribution in [0.2, 0.25) is 0 Å². The zero-order chi connectivity index (χ0) is 18.0. The predicted octanol–water partition coefficient (Wildman–Crippen LogP) is 4.90. The van der Waals surface area contributed by atoms with E-state index in [-0.39, 0.29) is 12.5 Å². The Morgan fingerprint density at radius 1 is 1.00 bits per heavy atom. The molecule has 4 heteroatoms. The van der Waals surface area contributed by atoms with Crippen molar-refractivity contribution in [1.29, 1.82) is 0 Å². The Kier molecular flexibility index (Phi) is 6.71. The second-order valence-corrected chi connectivity index (χ2v) is 6.47. The monoisotopic (exact) mass is 350 g/mol. The number of anilines is 1. The van der Waals surface area contributed by atoms with Crippen molar-refractivity contribution < 1.29 is 9.53 Å². The highest BCUT2D eigenvalue weighted by Crippen LogP contribution is 2.28. The third kappa shape index (κ3) is 5.66. The summed E-state index contributed by atoms with van der Waals surface area (Å²) in [4.78, 5) is 12.1. The fourth-order valence-corrected chi connectivity index (χ4v) is 3.05. The maximum atomic E-state index is 12.1. The van der Waals surface area contributed by atoms with Gasteiger partial charge in [0.25, 0.3) is 0 Å². The lowest BCUT2D eigenvalue weighted by molar-refractivity contribution is -0.119. The lowest BCUT2D eigenvalue weighted by Crippen LogP contribution is -2.30. The van der Waals surface area contributed by atoms with E-state index >= 15 is 0 Å². The van der Waals surface area contributed by atoms with E-state index in [1.807, 2.05) is 54.6 Å². The highest BCUT2D eigenvalue weighted by Gasteiger charge is 2.08. The first-order valence-electron chi connectivity index (χ1n) is 9.32. The van der Waals surface area contributed by atoms with Crippen LogP contribution in [-0.2, 0) is 4.79 Å². The third-order valence-electron chi connectivity index (χ3n) is 4.45. The fraction of sp³-hybridized carbons (Fsp3) is 0.318. The molecule has 1 amide bonds. The minimum atomic E-state index is -0.00377. The van der Waals surface area contributed by atoms with Gasteiger partial charge in [-0.1, -0.05) is 42.0 Å². The smallest absolute Gasteiger partial charge is 0.239 e. The normalized spacial score (nSPS) is 13.6. The Morgan fingerprint density at radius 2 is 1.81 bits per heavy atom. The van der Waals surface area contributed by atoms with Crippen molar-refractivity contribution >= 4 is 11.6 Å². The summed E-state index contributed by atoms with van der Waals surface area (Å²) in [5.74, 6) is 1.47. The van der Waals surface area contributed by atoms with Crippen LogP contribution in [0.4, 0.5) is 5.69 Å². The minimum absolute atomic E-state index is 0.00377. The van der Waals surface area contributed by atoms with E-state index in [0.29, 0.717) is 12.3 Å². The summed E-state index contributed by atoms with van der Waals surface area (Å²) in [5, 5.41) is 6.16. The van der Waals surface area contributed by atoms with E-state index in [0.717, 1.165) is 17.9 Å². The van der Waals surface area contributed by atoms with Gasteiger partial charge in [0.1, 0.15) is 5.75 Å². The summed E-state index contributed by atoms with van der Waals surface area (Å²) in [6.45, 7) is 0.933. The number of ether oxygens (including phenoxy) is 1. The summed E-state index contributed by atoms with van der Waals surface area (Å²) >= 11 is 0. The van der Waals surface area contributed by atoms with Crippen LogP contribution in [0.25, 0.3) is 0 Å². The molecule has 136 valence electrons. The molecule has 0 atom stereocenters. The van der Waals surface area contributed by atoms with Gasteiger partial charge < -0.3 is 15.4 Å². The zero-order valence-corrected chi connectivity index (χ0v) is 15.0. The molecule has 0 radical (unpaired) electrons. The summed E-state index contributed by atoms with van der Waals surface area (Å²) in [6.07, 6.45) is 8.22. The molecular formula is C22H26N2O2. The molecule has 26 heavy (non-hydrogen) atoms. The molecule has 0 heterocycles. The van der Waals surface area contributed by atoms with Gasteiger partial charge in [-0.05, 0) is 56.4 Å². The second-order valence-electron chi connectivity index (χ2n) is 6.47. The number of para-hydroxylation sites is 3. The van der Waals surface area contributed by atoms with Crippen molar-refractivity contribution in [2.75, 3.05) is 18.4 Å². The van der Waals surface area contributed by atoms with Gasteiger partial charge in [-0.15, -0.1) is 0 Å². The SMILES string of the molecule is O=C(CNc1ccccc1Oc1ccccc1)NCCC1=CCCCC1. The number of hydrogen-bond donors (Lipinski definition) is 2. The number of allylic oxidation sites excluding steroid dienone is 1. The summed E-state index contributed by atoms with van der Waals surface area (Å²) in [5.41, 5.74) is 2.28. The predicted molar refractivity (Wildman–Crippen MR) is 106 cm³/mol. The maximum absolute atomic E-state index is 12.1. The van der Waals surface area contributed by atoms with Gasteiger partial charge in [0, 0.05) is 6.54 Å². The Hall–Kier alpha value is -2.75. The molecule has 2 aromatic rings. The number of amides is 1. The van der Waals surface area contributed by atoms with Crippen LogP contribution >= 0.6 is 0 Å². The first kappa shape index (κ1) is 18.1. The average Bonchev–Trinajstić information content (AvgIpc) is 2.69. The maximum Gasteiger partial charge on any atom is 0.239 e. The van der Waals surface area contributed by atoms with E-state index in [4.69, 9.17) is 4.74 Å². The Bertz CT molecular complexity index is 741. The molecule has 0 aromatic heterocycles. The van der Waals surface area contributed by atoms with Gasteiger partial charge in [-0.3, -0.25) is 4.79 Å². The molecule has 0 saturated carbocycles. The number of benzene rings is 2. The molecule has 0 saturated heterocycles. The van der Waals surface area contributed by atoms with Gasteiger partial charge >= 0.3 is 0 Å².